The number of fused-ring (bicyclic) bond motifs is 1. The van der Waals surface area contributed by atoms with E-state index in [1.165, 1.54) is 8.82 Å². The molecule has 3 aromatic rings. The van der Waals surface area contributed by atoms with Gasteiger partial charge in [-0.05, 0) is 31.0 Å². The van der Waals surface area contributed by atoms with Gasteiger partial charge < -0.3 is 4.90 Å². The molecule has 12 heteroatoms. The molecular weight excluding hydrogens is 421 g/mol. The summed E-state index contributed by atoms with van der Waals surface area (Å²) in [6.45, 7) is 4.24. The summed E-state index contributed by atoms with van der Waals surface area (Å²) >= 11 is 0. The van der Waals surface area contributed by atoms with Crippen molar-refractivity contribution < 1.29 is 21.6 Å². The molecule has 0 bridgehead atoms. The first kappa shape index (κ1) is 20.5. The molecule has 0 spiro atoms. The monoisotopic (exact) mass is 440 g/mol. The predicted molar refractivity (Wildman–Crippen MR) is 103 cm³/mol. The molecular formula is C18H19F3N6O2S. The van der Waals surface area contributed by atoms with E-state index in [2.05, 4.69) is 15.1 Å². The van der Waals surface area contributed by atoms with Crippen molar-refractivity contribution in [1.82, 2.24) is 23.9 Å². The maximum Gasteiger partial charge on any atom is 0.433 e. The molecule has 2 aromatic heterocycles. The highest BCUT2D eigenvalue weighted by molar-refractivity contribution is 7.89. The number of anilines is 1. The van der Waals surface area contributed by atoms with Crippen molar-refractivity contribution in [3.05, 3.63) is 47.4 Å². The number of aromatic nitrogens is 4. The van der Waals surface area contributed by atoms with E-state index in [1.807, 2.05) is 13.0 Å². The fourth-order valence-electron chi connectivity index (χ4n) is 3.45. The molecule has 0 saturated carbocycles. The Bertz CT molecular complexity index is 1200. The number of piperazine rings is 1. The molecule has 0 aliphatic carbocycles. The fraction of sp³-hybridized carbons (Fsp3) is 0.389. The van der Waals surface area contributed by atoms with Gasteiger partial charge in [0.2, 0.25) is 10.0 Å². The Labute approximate surface area is 171 Å². The summed E-state index contributed by atoms with van der Waals surface area (Å²) in [4.78, 5) is 9.18. The quantitative estimate of drug-likeness (QED) is 0.621. The highest BCUT2D eigenvalue weighted by atomic mass is 32.2. The molecule has 160 valence electrons. The number of halogens is 3. The third kappa shape index (κ3) is 3.60. The molecule has 1 aromatic carbocycles. The number of nitrogens with zero attached hydrogens (tertiary/aromatic N) is 6. The first-order valence-corrected chi connectivity index (χ1v) is 10.6. The zero-order valence-electron chi connectivity index (χ0n) is 16.3. The van der Waals surface area contributed by atoms with Crippen LogP contribution in [-0.4, -0.2) is 58.5 Å². The summed E-state index contributed by atoms with van der Waals surface area (Å²) < 4.78 is 68.4. The van der Waals surface area contributed by atoms with Gasteiger partial charge in [0, 0.05) is 32.2 Å². The topological polar surface area (TPSA) is 83.7 Å². The molecule has 8 nitrogen and oxygen atoms in total. The van der Waals surface area contributed by atoms with Crippen molar-refractivity contribution >= 4 is 21.6 Å². The van der Waals surface area contributed by atoms with E-state index in [9.17, 15) is 21.6 Å². The zero-order chi connectivity index (χ0) is 21.7. The number of alkyl halides is 3. The minimum absolute atomic E-state index is 0.135. The largest absolute Gasteiger partial charge is 0.433 e. The van der Waals surface area contributed by atoms with Crippen LogP contribution in [0, 0.1) is 13.8 Å². The van der Waals surface area contributed by atoms with Crippen LogP contribution in [0.25, 0.3) is 5.78 Å². The van der Waals surface area contributed by atoms with Crippen LogP contribution in [0.5, 0.6) is 0 Å². The van der Waals surface area contributed by atoms with Gasteiger partial charge in [0.1, 0.15) is 12.1 Å². The summed E-state index contributed by atoms with van der Waals surface area (Å²) in [5.74, 6) is 0.0128. The SMILES string of the molecule is Cc1ccc(C)c(S(=O)(=O)N2CCN(c3cc(C(F)(F)F)nc4ncnn34)CC2)c1. The molecule has 0 unspecified atom stereocenters. The van der Waals surface area contributed by atoms with Crippen LogP contribution in [-0.2, 0) is 16.2 Å². The van der Waals surface area contributed by atoms with Gasteiger partial charge in [-0.3, -0.25) is 0 Å². The number of benzene rings is 1. The van der Waals surface area contributed by atoms with Crippen LogP contribution < -0.4 is 4.90 Å². The second-order valence-electron chi connectivity index (χ2n) is 7.13. The molecule has 30 heavy (non-hydrogen) atoms. The van der Waals surface area contributed by atoms with Crippen LogP contribution >= 0.6 is 0 Å². The number of aryl methyl sites for hydroxylation is 2. The van der Waals surface area contributed by atoms with Gasteiger partial charge in [-0.2, -0.15) is 32.1 Å². The molecule has 1 fully saturated rings. The predicted octanol–water partition coefficient (Wildman–Crippen LogP) is 2.27. The molecule has 0 radical (unpaired) electrons. The third-order valence-electron chi connectivity index (χ3n) is 5.05. The van der Waals surface area contributed by atoms with Crippen LogP contribution in [0.3, 0.4) is 0 Å². The Morgan fingerprint density at radius 2 is 1.73 bits per heavy atom. The van der Waals surface area contributed by atoms with E-state index in [1.54, 1.807) is 24.0 Å². The molecule has 0 N–H and O–H groups in total. The average molecular weight is 440 g/mol. The van der Waals surface area contributed by atoms with E-state index >= 15 is 0 Å². The van der Waals surface area contributed by atoms with Gasteiger partial charge in [-0.15, -0.1) is 0 Å². The number of rotatable bonds is 3. The fourth-order valence-corrected chi connectivity index (χ4v) is 5.18. The van der Waals surface area contributed by atoms with Crippen molar-refractivity contribution in [2.75, 3.05) is 31.1 Å². The van der Waals surface area contributed by atoms with Crippen molar-refractivity contribution in [2.24, 2.45) is 0 Å². The van der Waals surface area contributed by atoms with Gasteiger partial charge in [0.25, 0.3) is 5.78 Å². The van der Waals surface area contributed by atoms with E-state index in [0.717, 1.165) is 18.0 Å². The van der Waals surface area contributed by atoms with Gasteiger partial charge in [-0.1, -0.05) is 12.1 Å². The normalized spacial score (nSPS) is 16.4. The minimum atomic E-state index is -4.63. The van der Waals surface area contributed by atoms with Crippen LogP contribution in [0.4, 0.5) is 19.0 Å². The maximum atomic E-state index is 13.2. The molecule has 0 amide bonds. The second-order valence-corrected chi connectivity index (χ2v) is 9.04. The molecule has 3 heterocycles. The summed E-state index contributed by atoms with van der Waals surface area (Å²) in [5.41, 5.74) is 0.419. The molecule has 1 saturated heterocycles. The third-order valence-corrected chi connectivity index (χ3v) is 7.09. The summed E-state index contributed by atoms with van der Waals surface area (Å²) in [7, 11) is -3.70. The molecule has 1 aliphatic heterocycles. The summed E-state index contributed by atoms with van der Waals surface area (Å²) in [6, 6.07) is 6.15. The number of sulfonamides is 1. The zero-order valence-corrected chi connectivity index (χ0v) is 17.1. The van der Waals surface area contributed by atoms with Crippen molar-refractivity contribution in [2.45, 2.75) is 24.9 Å². The number of hydrogen-bond acceptors (Lipinski definition) is 6. The van der Waals surface area contributed by atoms with E-state index < -0.39 is 21.9 Å². The van der Waals surface area contributed by atoms with E-state index in [-0.39, 0.29) is 42.7 Å². The number of hydrogen-bond donors (Lipinski definition) is 0. The minimum Gasteiger partial charge on any atom is -0.354 e. The Hall–Kier alpha value is -2.73. The van der Waals surface area contributed by atoms with Gasteiger partial charge >= 0.3 is 6.18 Å². The molecule has 1 aliphatic rings. The van der Waals surface area contributed by atoms with Crippen LogP contribution in [0.15, 0.2) is 35.5 Å². The Kier molecular flexibility index (Phi) is 4.93. The first-order valence-electron chi connectivity index (χ1n) is 9.18. The highest BCUT2D eigenvalue weighted by Gasteiger charge is 2.36. The van der Waals surface area contributed by atoms with Gasteiger partial charge in [-0.25, -0.2) is 13.4 Å². The standard InChI is InChI=1S/C18H19F3N6O2S/c1-12-3-4-13(2)14(9-12)30(28,29)26-7-5-25(6-8-26)16-10-15(18(19,20)21)24-17-22-11-23-27(16)17/h3-4,9-11H,5-8H2,1-2H3. The lowest BCUT2D eigenvalue weighted by Crippen LogP contribution is -2.49. The highest BCUT2D eigenvalue weighted by Crippen LogP contribution is 2.31. The smallest absolute Gasteiger partial charge is 0.354 e. The van der Waals surface area contributed by atoms with Gasteiger partial charge in [0.05, 0.1) is 4.90 Å². The Balaban J connectivity index is 1.61. The average Bonchev–Trinajstić information content (AvgIpc) is 3.17. The van der Waals surface area contributed by atoms with Crippen molar-refractivity contribution in [3.8, 4) is 0 Å². The lowest BCUT2D eigenvalue weighted by molar-refractivity contribution is -0.141. The van der Waals surface area contributed by atoms with Crippen LogP contribution in [0.2, 0.25) is 0 Å². The molecule has 4 rings (SSSR count). The Morgan fingerprint density at radius 1 is 1.03 bits per heavy atom. The second kappa shape index (κ2) is 7.20. The molecule has 0 atom stereocenters. The maximum absolute atomic E-state index is 13.2. The summed E-state index contributed by atoms with van der Waals surface area (Å²) in [6.07, 6.45) is -3.50. The Morgan fingerprint density at radius 3 is 2.40 bits per heavy atom. The lowest BCUT2D eigenvalue weighted by Gasteiger charge is -2.35. The van der Waals surface area contributed by atoms with Gasteiger partial charge in [0.15, 0.2) is 5.69 Å². The van der Waals surface area contributed by atoms with E-state index in [0.29, 0.717) is 5.56 Å². The lowest BCUT2D eigenvalue weighted by atomic mass is 10.2. The van der Waals surface area contributed by atoms with Crippen molar-refractivity contribution in [1.29, 1.82) is 0 Å². The first-order chi connectivity index (χ1) is 14.1. The van der Waals surface area contributed by atoms with E-state index in [4.69, 9.17) is 0 Å². The summed E-state index contributed by atoms with van der Waals surface area (Å²) in [5, 5.41) is 3.96. The van der Waals surface area contributed by atoms with Crippen LogP contribution in [0.1, 0.15) is 16.8 Å². The van der Waals surface area contributed by atoms with Crippen molar-refractivity contribution in [3.63, 3.8) is 0 Å².